The highest BCUT2D eigenvalue weighted by atomic mass is 79.9. The van der Waals surface area contributed by atoms with Crippen LogP contribution < -0.4 is 0 Å². The van der Waals surface area contributed by atoms with Crippen molar-refractivity contribution < 1.29 is 23.9 Å². The van der Waals surface area contributed by atoms with Gasteiger partial charge in [0.05, 0.1) is 18.9 Å². The number of ether oxygens (including phenoxy) is 2. The quantitative estimate of drug-likeness (QED) is 0.234. The van der Waals surface area contributed by atoms with E-state index in [9.17, 15) is 14.4 Å². The molecule has 0 radical (unpaired) electrons. The molecular weight excluding hydrogens is 494 g/mol. The Morgan fingerprint density at radius 3 is 2.14 bits per heavy atom. The Labute approximate surface area is 180 Å². The van der Waals surface area contributed by atoms with Crippen LogP contribution in [0.5, 0.6) is 0 Å². The zero-order valence-corrected chi connectivity index (χ0v) is 18.8. The third kappa shape index (κ3) is 4.91. The number of esters is 2. The molecule has 0 saturated carbocycles. The average Bonchev–Trinajstić information content (AvgIpc) is 3.07. The molecule has 1 aromatic carbocycles. The highest BCUT2D eigenvalue weighted by Gasteiger charge is 2.46. The first-order valence-corrected chi connectivity index (χ1v) is 10.4. The molecule has 0 saturated heterocycles. The van der Waals surface area contributed by atoms with Gasteiger partial charge in [0.2, 0.25) is 10.1 Å². The third-order valence-electron chi connectivity index (χ3n) is 4.11. The lowest BCUT2D eigenvalue weighted by atomic mass is 9.97. The van der Waals surface area contributed by atoms with Crippen molar-refractivity contribution in [3.63, 3.8) is 0 Å². The van der Waals surface area contributed by atoms with E-state index in [1.165, 1.54) is 0 Å². The van der Waals surface area contributed by atoms with Gasteiger partial charge in [-0.25, -0.2) is 9.59 Å². The summed E-state index contributed by atoms with van der Waals surface area (Å²) < 4.78 is 9.15. The fourth-order valence-electron chi connectivity index (χ4n) is 2.69. The van der Waals surface area contributed by atoms with Crippen molar-refractivity contribution in [1.82, 2.24) is 4.98 Å². The van der Waals surface area contributed by atoms with Gasteiger partial charge >= 0.3 is 11.9 Å². The monoisotopic (exact) mass is 513 g/mol. The summed E-state index contributed by atoms with van der Waals surface area (Å²) in [5.74, 6) is -1.60. The number of rotatable bonds is 9. The van der Waals surface area contributed by atoms with Crippen LogP contribution in [0.3, 0.4) is 0 Å². The lowest BCUT2D eigenvalue weighted by Crippen LogP contribution is -2.44. The Morgan fingerprint density at radius 1 is 1.04 bits per heavy atom. The van der Waals surface area contributed by atoms with Gasteiger partial charge in [0, 0.05) is 16.2 Å². The van der Waals surface area contributed by atoms with Crippen LogP contribution in [0.25, 0.3) is 0 Å². The maximum absolute atomic E-state index is 12.8. The number of benzene rings is 1. The number of aromatic nitrogens is 1. The molecule has 2 rings (SSSR count). The predicted octanol–water partition coefficient (Wildman–Crippen LogP) is 4.20. The minimum Gasteiger partial charge on any atom is -0.465 e. The van der Waals surface area contributed by atoms with Crippen LogP contribution in [0.15, 0.2) is 41.0 Å². The smallest absolute Gasteiger partial charge is 0.334 e. The molecule has 0 aliphatic carbocycles. The topological polar surface area (TPSA) is 85.5 Å². The summed E-state index contributed by atoms with van der Waals surface area (Å²) >= 11 is 6.67. The van der Waals surface area contributed by atoms with E-state index in [0.29, 0.717) is 21.3 Å². The van der Waals surface area contributed by atoms with E-state index in [-0.39, 0.29) is 31.8 Å². The van der Waals surface area contributed by atoms with E-state index < -0.39 is 16.3 Å². The largest absolute Gasteiger partial charge is 0.465 e. The highest BCUT2D eigenvalue weighted by Crippen LogP contribution is 2.32. The fraction of sp³-hybridized carbons (Fsp3) is 0.350. The first-order valence-electron chi connectivity index (χ1n) is 8.84. The van der Waals surface area contributed by atoms with Crippen molar-refractivity contribution in [3.8, 4) is 0 Å². The van der Waals surface area contributed by atoms with Gasteiger partial charge in [-0.3, -0.25) is 4.79 Å². The Balaban J connectivity index is 2.29. The molecule has 0 spiro atoms. The summed E-state index contributed by atoms with van der Waals surface area (Å²) in [5.41, 5.74) is 1.62. The minimum atomic E-state index is -1.64. The maximum atomic E-state index is 12.8. The molecule has 0 aliphatic heterocycles. The van der Waals surface area contributed by atoms with Gasteiger partial charge in [-0.05, 0) is 48.2 Å². The number of halogens is 2. The second-order valence-electron chi connectivity index (χ2n) is 5.93. The summed E-state index contributed by atoms with van der Waals surface area (Å²) in [6.45, 7) is 3.60. The number of hydrogen-bond donors (Lipinski definition) is 1. The van der Waals surface area contributed by atoms with Crippen LogP contribution in [0.4, 0.5) is 0 Å². The molecular formula is C20H21Br2NO5. The van der Waals surface area contributed by atoms with Crippen LogP contribution in [0.2, 0.25) is 0 Å². The summed E-state index contributed by atoms with van der Waals surface area (Å²) in [6.07, 6.45) is 1.99. The van der Waals surface area contributed by atoms with Gasteiger partial charge in [-0.2, -0.15) is 0 Å². The number of H-pyrrole nitrogens is 1. The minimum absolute atomic E-state index is 0.0657. The number of ketones is 1. The van der Waals surface area contributed by atoms with Crippen molar-refractivity contribution in [1.29, 1.82) is 0 Å². The van der Waals surface area contributed by atoms with Gasteiger partial charge in [0.1, 0.15) is 0 Å². The zero-order chi connectivity index (χ0) is 20.7. The van der Waals surface area contributed by atoms with Gasteiger partial charge in [0.25, 0.3) is 0 Å². The molecule has 6 nitrogen and oxygen atoms in total. The molecule has 1 N–H and O–H groups in total. The lowest BCUT2D eigenvalue weighted by Gasteiger charge is -2.23. The van der Waals surface area contributed by atoms with E-state index in [1.807, 2.05) is 6.07 Å². The summed E-state index contributed by atoms with van der Waals surface area (Å²) in [5, 5.41) is 0. The number of carbonyl (C=O) groups is 3. The average molecular weight is 515 g/mol. The molecule has 0 atom stereocenters. The molecule has 2 aromatic rings. The van der Waals surface area contributed by atoms with E-state index in [2.05, 4.69) is 36.8 Å². The third-order valence-corrected chi connectivity index (χ3v) is 5.87. The summed E-state index contributed by atoms with van der Waals surface area (Å²) in [6, 6.07) is 8.87. The van der Waals surface area contributed by atoms with Crippen molar-refractivity contribution in [2.75, 3.05) is 13.2 Å². The Hall–Kier alpha value is -1.93. The van der Waals surface area contributed by atoms with Crippen LogP contribution in [-0.2, 0) is 25.5 Å². The molecule has 1 aromatic heterocycles. The van der Waals surface area contributed by atoms with Crippen molar-refractivity contribution in [2.45, 2.75) is 31.0 Å². The number of aromatic amines is 1. The summed E-state index contributed by atoms with van der Waals surface area (Å²) in [7, 11) is 0. The SMILES string of the molecule is CCOC(=O)C(Br)(CCc1c(Br)c[nH]c1C(=O)c1ccccc1)C(=O)OCC. The normalized spacial score (nSPS) is 11.1. The van der Waals surface area contributed by atoms with Crippen molar-refractivity contribution >= 4 is 49.6 Å². The number of carbonyl (C=O) groups excluding carboxylic acids is 3. The molecule has 8 heteroatoms. The second kappa shape index (κ2) is 10.0. The lowest BCUT2D eigenvalue weighted by molar-refractivity contribution is -0.158. The Kier molecular flexibility index (Phi) is 8.00. The first-order chi connectivity index (χ1) is 13.3. The molecule has 0 amide bonds. The van der Waals surface area contributed by atoms with Gasteiger partial charge in [-0.1, -0.05) is 46.3 Å². The van der Waals surface area contributed by atoms with Crippen LogP contribution in [0, 0.1) is 0 Å². The Bertz CT molecular complexity index is 830. The molecule has 28 heavy (non-hydrogen) atoms. The first kappa shape index (κ1) is 22.4. The van der Waals surface area contributed by atoms with Crippen LogP contribution in [0.1, 0.15) is 41.9 Å². The van der Waals surface area contributed by atoms with E-state index >= 15 is 0 Å². The zero-order valence-electron chi connectivity index (χ0n) is 15.6. The molecule has 150 valence electrons. The standard InChI is InChI=1S/C20H21Br2NO5/c1-3-27-18(25)20(22,19(26)28-4-2)11-10-14-15(21)12-23-16(14)17(24)13-8-6-5-7-9-13/h5-9,12,23H,3-4,10-11H2,1-2H3. The Morgan fingerprint density at radius 2 is 1.61 bits per heavy atom. The van der Waals surface area contributed by atoms with Crippen molar-refractivity contribution in [3.05, 3.63) is 57.8 Å². The molecule has 0 aliphatic rings. The summed E-state index contributed by atoms with van der Waals surface area (Å²) in [4.78, 5) is 40.6. The van der Waals surface area contributed by atoms with Crippen LogP contribution >= 0.6 is 31.9 Å². The number of hydrogen-bond acceptors (Lipinski definition) is 5. The molecule has 0 bridgehead atoms. The second-order valence-corrected chi connectivity index (χ2v) is 8.14. The predicted molar refractivity (Wildman–Crippen MR) is 112 cm³/mol. The molecule has 0 fully saturated rings. The van der Waals surface area contributed by atoms with Gasteiger partial charge < -0.3 is 14.5 Å². The number of alkyl halides is 1. The van der Waals surface area contributed by atoms with Crippen LogP contribution in [-0.4, -0.2) is 40.2 Å². The maximum Gasteiger partial charge on any atom is 0.334 e. The highest BCUT2D eigenvalue weighted by molar-refractivity contribution is 9.10. The van der Waals surface area contributed by atoms with E-state index in [1.54, 1.807) is 44.3 Å². The molecule has 1 heterocycles. The fourth-order valence-corrected chi connectivity index (χ4v) is 3.62. The molecule has 0 unspecified atom stereocenters. The van der Waals surface area contributed by atoms with Gasteiger partial charge in [0.15, 0.2) is 0 Å². The van der Waals surface area contributed by atoms with E-state index in [4.69, 9.17) is 9.47 Å². The van der Waals surface area contributed by atoms with Gasteiger partial charge in [-0.15, -0.1) is 0 Å². The van der Waals surface area contributed by atoms with Crippen molar-refractivity contribution in [2.24, 2.45) is 0 Å². The number of nitrogens with one attached hydrogen (secondary N) is 1. The van der Waals surface area contributed by atoms with E-state index in [0.717, 1.165) is 0 Å².